The molecule has 1 aliphatic carbocycles. The van der Waals surface area contributed by atoms with Gasteiger partial charge in [-0.05, 0) is 59.4 Å². The number of rotatable bonds is 7. The first-order valence-electron chi connectivity index (χ1n) is 14.3. The minimum Gasteiger partial charge on any atom is -0.493 e. The topological polar surface area (TPSA) is 62.0 Å². The third kappa shape index (κ3) is 4.96. The summed E-state index contributed by atoms with van der Waals surface area (Å²) in [6.45, 7) is 0.443. The van der Waals surface area contributed by atoms with Crippen molar-refractivity contribution in [3.05, 3.63) is 150 Å². The van der Waals surface area contributed by atoms with Crippen LogP contribution in [-0.2, 0) is 13.0 Å². The van der Waals surface area contributed by atoms with Crippen LogP contribution in [0.15, 0.2) is 112 Å². The number of aryl methyl sites for hydroxylation is 1. The summed E-state index contributed by atoms with van der Waals surface area (Å²) in [6.07, 6.45) is 3.63. The lowest BCUT2D eigenvalue weighted by atomic mass is 9.83. The second-order valence-electron chi connectivity index (χ2n) is 10.5. The van der Waals surface area contributed by atoms with E-state index in [0.29, 0.717) is 27.4 Å². The predicted molar refractivity (Wildman–Crippen MR) is 170 cm³/mol. The highest BCUT2D eigenvalue weighted by Gasteiger charge is 2.33. The SMILES string of the molecule is COc1ccc([C@@H]2C3=C(N=c4s/c(=C\c5ccccc5OCc5ccccc5)c(=O)n42)c2ccccc2CC3)cc1OC. The molecule has 1 aromatic heterocycles. The van der Waals surface area contributed by atoms with Crippen LogP contribution in [0.25, 0.3) is 11.8 Å². The van der Waals surface area contributed by atoms with Gasteiger partial charge < -0.3 is 14.2 Å². The maximum absolute atomic E-state index is 14.3. The van der Waals surface area contributed by atoms with Crippen LogP contribution in [0.3, 0.4) is 0 Å². The summed E-state index contributed by atoms with van der Waals surface area (Å²) < 4.78 is 19.8. The zero-order valence-electron chi connectivity index (χ0n) is 23.9. The average molecular weight is 587 g/mol. The molecule has 2 aliphatic rings. The Balaban J connectivity index is 1.38. The van der Waals surface area contributed by atoms with Gasteiger partial charge in [0.15, 0.2) is 16.3 Å². The summed E-state index contributed by atoms with van der Waals surface area (Å²) in [5, 5.41) is 0. The molecular weight excluding hydrogens is 556 g/mol. The minimum absolute atomic E-state index is 0.0770. The van der Waals surface area contributed by atoms with Gasteiger partial charge in [-0.2, -0.15) is 0 Å². The molecule has 1 aliphatic heterocycles. The second-order valence-corrected chi connectivity index (χ2v) is 11.5. The monoisotopic (exact) mass is 586 g/mol. The Kier molecular flexibility index (Phi) is 7.17. The number of allylic oxidation sites excluding steroid dienone is 1. The van der Waals surface area contributed by atoms with Crippen LogP contribution in [-0.4, -0.2) is 18.8 Å². The third-order valence-electron chi connectivity index (χ3n) is 8.04. The van der Waals surface area contributed by atoms with Crippen molar-refractivity contribution in [2.45, 2.75) is 25.5 Å². The summed E-state index contributed by atoms with van der Waals surface area (Å²) in [5.41, 5.74) is 7.31. The van der Waals surface area contributed by atoms with Gasteiger partial charge in [-0.1, -0.05) is 90.2 Å². The van der Waals surface area contributed by atoms with E-state index in [2.05, 4.69) is 24.3 Å². The van der Waals surface area contributed by atoms with E-state index in [1.165, 1.54) is 16.9 Å². The molecule has 0 bridgehead atoms. The zero-order chi connectivity index (χ0) is 29.3. The Morgan fingerprint density at radius 3 is 2.47 bits per heavy atom. The molecule has 43 heavy (non-hydrogen) atoms. The zero-order valence-corrected chi connectivity index (χ0v) is 24.8. The van der Waals surface area contributed by atoms with Gasteiger partial charge in [-0.15, -0.1) is 0 Å². The summed E-state index contributed by atoms with van der Waals surface area (Å²) in [7, 11) is 3.26. The van der Waals surface area contributed by atoms with Crippen LogP contribution >= 0.6 is 11.3 Å². The number of nitrogens with zero attached hydrogens (tertiary/aromatic N) is 2. The van der Waals surface area contributed by atoms with Gasteiger partial charge in [0.1, 0.15) is 12.4 Å². The van der Waals surface area contributed by atoms with Crippen molar-refractivity contribution >= 4 is 23.1 Å². The van der Waals surface area contributed by atoms with Crippen LogP contribution in [0.2, 0.25) is 0 Å². The predicted octanol–water partition coefficient (Wildman–Crippen LogP) is 5.91. The maximum Gasteiger partial charge on any atom is 0.271 e. The summed E-state index contributed by atoms with van der Waals surface area (Å²) >= 11 is 1.41. The van der Waals surface area contributed by atoms with Gasteiger partial charge in [-0.3, -0.25) is 9.36 Å². The molecule has 5 aromatic rings. The lowest BCUT2D eigenvalue weighted by Gasteiger charge is -2.31. The first kappa shape index (κ1) is 27.0. The molecule has 0 fully saturated rings. The van der Waals surface area contributed by atoms with Gasteiger partial charge >= 0.3 is 0 Å². The number of para-hydroxylation sites is 1. The number of ether oxygens (including phenoxy) is 3. The van der Waals surface area contributed by atoms with Gasteiger partial charge in [0.25, 0.3) is 5.56 Å². The molecule has 0 unspecified atom stereocenters. The molecule has 0 radical (unpaired) electrons. The second kappa shape index (κ2) is 11.4. The number of benzene rings is 4. The highest BCUT2D eigenvalue weighted by Crippen LogP contribution is 2.42. The Bertz CT molecular complexity index is 2040. The van der Waals surface area contributed by atoms with Crippen molar-refractivity contribution in [3.63, 3.8) is 0 Å². The fraction of sp³-hybridized carbons (Fsp3) is 0.167. The van der Waals surface area contributed by atoms with E-state index in [9.17, 15) is 4.79 Å². The van der Waals surface area contributed by atoms with Crippen molar-refractivity contribution in [1.29, 1.82) is 0 Å². The Hall–Kier alpha value is -4.88. The van der Waals surface area contributed by atoms with Crippen molar-refractivity contribution in [3.8, 4) is 17.2 Å². The van der Waals surface area contributed by atoms with Crippen molar-refractivity contribution in [2.24, 2.45) is 4.99 Å². The van der Waals surface area contributed by atoms with E-state index < -0.39 is 0 Å². The number of hydrogen-bond acceptors (Lipinski definition) is 6. The standard InChI is InChI=1S/C36H30N2O4S/c1-40-30-19-17-26(20-31(30)41-2)34-28-18-16-24-12-6-8-14-27(24)33(28)37-36-38(34)35(39)32(43-36)21-25-13-7-9-15-29(25)42-22-23-10-4-3-5-11-23/h3-15,17,19-21,34H,16,18,22H2,1-2H3/b32-21-/t34-/m1/s1. The van der Waals surface area contributed by atoms with E-state index >= 15 is 0 Å². The molecule has 0 N–H and O–H groups in total. The molecule has 0 saturated carbocycles. The molecule has 0 amide bonds. The molecule has 1 atom stereocenters. The largest absolute Gasteiger partial charge is 0.493 e. The molecule has 6 nitrogen and oxygen atoms in total. The van der Waals surface area contributed by atoms with E-state index in [4.69, 9.17) is 19.2 Å². The number of hydrogen-bond donors (Lipinski definition) is 0. The van der Waals surface area contributed by atoms with Crippen LogP contribution in [0.4, 0.5) is 0 Å². The Morgan fingerprint density at radius 2 is 1.63 bits per heavy atom. The maximum atomic E-state index is 14.3. The average Bonchev–Trinajstić information content (AvgIpc) is 3.37. The molecule has 0 spiro atoms. The van der Waals surface area contributed by atoms with Crippen LogP contribution in [0.5, 0.6) is 17.2 Å². The minimum atomic E-state index is -0.314. The lowest BCUT2D eigenvalue weighted by molar-refractivity contribution is 0.305. The van der Waals surface area contributed by atoms with Crippen molar-refractivity contribution in [1.82, 2.24) is 4.57 Å². The lowest BCUT2D eigenvalue weighted by Crippen LogP contribution is -2.38. The van der Waals surface area contributed by atoms with Gasteiger partial charge in [0.2, 0.25) is 0 Å². The highest BCUT2D eigenvalue weighted by molar-refractivity contribution is 7.07. The van der Waals surface area contributed by atoms with E-state index in [1.54, 1.807) is 14.2 Å². The Morgan fingerprint density at radius 1 is 0.860 bits per heavy atom. The first-order valence-corrected chi connectivity index (χ1v) is 15.1. The Labute approximate surface area is 253 Å². The van der Waals surface area contributed by atoms with Crippen LogP contribution in [0.1, 0.15) is 40.3 Å². The fourth-order valence-corrected chi connectivity index (χ4v) is 6.94. The van der Waals surface area contributed by atoms with Crippen LogP contribution < -0.4 is 29.1 Å². The number of fused-ring (bicyclic) bond motifs is 3. The summed E-state index contributed by atoms with van der Waals surface area (Å²) in [6, 6.07) is 31.9. The van der Waals surface area contributed by atoms with E-state index in [-0.39, 0.29) is 11.6 Å². The number of thiazole rings is 1. The smallest absolute Gasteiger partial charge is 0.271 e. The highest BCUT2D eigenvalue weighted by atomic mass is 32.1. The molecule has 214 valence electrons. The van der Waals surface area contributed by atoms with Gasteiger partial charge in [-0.25, -0.2) is 4.99 Å². The molecule has 7 rings (SSSR count). The number of aromatic nitrogens is 1. The number of methoxy groups -OCH3 is 2. The normalized spacial score (nSPS) is 15.7. The summed E-state index contributed by atoms with van der Waals surface area (Å²) in [4.78, 5) is 20.1. The summed E-state index contributed by atoms with van der Waals surface area (Å²) in [5.74, 6) is 2.00. The van der Waals surface area contributed by atoms with Gasteiger partial charge in [0, 0.05) is 11.1 Å². The van der Waals surface area contributed by atoms with Gasteiger partial charge in [0.05, 0.1) is 30.5 Å². The van der Waals surface area contributed by atoms with Crippen molar-refractivity contribution in [2.75, 3.05) is 14.2 Å². The molecule has 2 heterocycles. The first-order chi connectivity index (χ1) is 21.1. The molecular formula is C36H30N2O4S. The molecule has 4 aromatic carbocycles. The fourth-order valence-electron chi connectivity index (χ4n) is 5.95. The van der Waals surface area contributed by atoms with Crippen LogP contribution in [0, 0.1) is 0 Å². The molecule has 0 saturated heterocycles. The van der Waals surface area contributed by atoms with Crippen molar-refractivity contribution < 1.29 is 14.2 Å². The van der Waals surface area contributed by atoms with E-state index in [1.807, 2.05) is 83.4 Å². The third-order valence-corrected chi connectivity index (χ3v) is 9.02. The molecule has 7 heteroatoms. The quantitative estimate of drug-likeness (QED) is 0.238. The van der Waals surface area contributed by atoms with E-state index in [0.717, 1.165) is 52.1 Å².